The molecule has 0 aliphatic carbocycles. The summed E-state index contributed by atoms with van der Waals surface area (Å²) in [5, 5.41) is 4.15. The molecule has 0 spiro atoms. The molecule has 1 aromatic heterocycles. The number of urea groups is 1. The van der Waals surface area contributed by atoms with Crippen LogP contribution in [0.15, 0.2) is 72.9 Å². The molecule has 3 amide bonds. The van der Waals surface area contributed by atoms with E-state index in [1.54, 1.807) is 7.11 Å². The molecule has 0 fully saturated rings. The number of rotatable bonds is 11. The maximum atomic E-state index is 13.7. The molecule has 7 nitrogen and oxygen atoms in total. The van der Waals surface area contributed by atoms with Crippen molar-refractivity contribution in [3.8, 4) is 0 Å². The Bertz CT molecular complexity index is 1410. The van der Waals surface area contributed by atoms with E-state index in [4.69, 9.17) is 4.74 Å². The summed E-state index contributed by atoms with van der Waals surface area (Å²) in [6.07, 6.45) is 2.72. The minimum Gasteiger partial charge on any atom is -0.383 e. The summed E-state index contributed by atoms with van der Waals surface area (Å²) in [6.45, 7) is 7.63. The molecule has 0 saturated carbocycles. The normalized spacial score (nSPS) is 11.0. The molecule has 2 N–H and O–H groups in total. The third-order valence-electron chi connectivity index (χ3n) is 7.20. The largest absolute Gasteiger partial charge is 0.383 e. The number of anilines is 1. The number of amides is 3. The van der Waals surface area contributed by atoms with Crippen molar-refractivity contribution in [2.75, 3.05) is 38.7 Å². The SMILES string of the molecule is COCCN(CC(=O)N(CCc1c[nH]c2ccccc12)Cc1ccc(C)cc1)C(=O)Nc1cccc(C)c1C. The molecule has 1 heterocycles. The van der Waals surface area contributed by atoms with Crippen LogP contribution in [-0.2, 0) is 22.5 Å². The van der Waals surface area contributed by atoms with Gasteiger partial charge in [0.05, 0.1) is 6.61 Å². The van der Waals surface area contributed by atoms with Gasteiger partial charge in [0.15, 0.2) is 0 Å². The number of aryl methyl sites for hydroxylation is 2. The molecule has 0 saturated heterocycles. The van der Waals surface area contributed by atoms with Gasteiger partial charge < -0.3 is 24.8 Å². The van der Waals surface area contributed by atoms with Gasteiger partial charge in [0.2, 0.25) is 5.91 Å². The van der Waals surface area contributed by atoms with Gasteiger partial charge in [-0.3, -0.25) is 4.79 Å². The number of hydrogen-bond donors (Lipinski definition) is 2. The second kappa shape index (κ2) is 13.1. The molecule has 7 heteroatoms. The lowest BCUT2D eigenvalue weighted by Crippen LogP contribution is -2.46. The smallest absolute Gasteiger partial charge is 0.322 e. The summed E-state index contributed by atoms with van der Waals surface area (Å²) in [5.41, 5.74) is 7.30. The van der Waals surface area contributed by atoms with Crippen LogP contribution in [0.3, 0.4) is 0 Å². The highest BCUT2D eigenvalue weighted by molar-refractivity contribution is 5.93. The summed E-state index contributed by atoms with van der Waals surface area (Å²) in [7, 11) is 1.59. The van der Waals surface area contributed by atoms with Crippen molar-refractivity contribution in [3.63, 3.8) is 0 Å². The van der Waals surface area contributed by atoms with Crippen LogP contribution < -0.4 is 5.32 Å². The topological polar surface area (TPSA) is 77.7 Å². The fourth-order valence-corrected chi connectivity index (χ4v) is 4.60. The quantitative estimate of drug-likeness (QED) is 0.258. The summed E-state index contributed by atoms with van der Waals surface area (Å²) in [6, 6.07) is 21.9. The standard InChI is InChI=1S/C32H38N4O3/c1-23-12-14-26(15-13-23)21-35(17-16-27-20-33-30-10-6-5-9-28(27)30)31(37)22-36(18-19-39-4)32(38)34-29-11-7-8-24(2)25(29)3/h5-15,20,33H,16-19,21-22H2,1-4H3,(H,34,38). The number of carbonyl (C=O) groups excluding carboxylic acids is 2. The van der Waals surface area contributed by atoms with E-state index in [2.05, 4.69) is 46.7 Å². The predicted octanol–water partition coefficient (Wildman–Crippen LogP) is 5.84. The lowest BCUT2D eigenvalue weighted by Gasteiger charge is -2.28. The lowest BCUT2D eigenvalue weighted by molar-refractivity contribution is -0.132. The van der Waals surface area contributed by atoms with Crippen molar-refractivity contribution >= 4 is 28.5 Å². The highest BCUT2D eigenvalue weighted by Gasteiger charge is 2.22. The Morgan fingerprint density at radius 3 is 2.44 bits per heavy atom. The van der Waals surface area contributed by atoms with Crippen LogP contribution in [0.2, 0.25) is 0 Å². The highest BCUT2D eigenvalue weighted by atomic mass is 16.5. The van der Waals surface area contributed by atoms with Crippen molar-refractivity contribution in [2.45, 2.75) is 33.7 Å². The zero-order valence-corrected chi connectivity index (χ0v) is 23.3. The van der Waals surface area contributed by atoms with E-state index in [0.29, 0.717) is 32.7 Å². The van der Waals surface area contributed by atoms with Gasteiger partial charge in [-0.1, -0.05) is 60.2 Å². The maximum absolute atomic E-state index is 13.7. The van der Waals surface area contributed by atoms with Crippen LogP contribution in [0, 0.1) is 20.8 Å². The number of aromatic amines is 1. The molecule has 0 radical (unpaired) electrons. The molecule has 0 aliphatic rings. The van der Waals surface area contributed by atoms with Gasteiger partial charge >= 0.3 is 6.03 Å². The number of ether oxygens (including phenoxy) is 1. The molecule has 4 aromatic rings. The van der Waals surface area contributed by atoms with Gasteiger partial charge in [0.1, 0.15) is 6.54 Å². The van der Waals surface area contributed by atoms with Gasteiger partial charge in [-0.05, 0) is 61.6 Å². The van der Waals surface area contributed by atoms with E-state index in [1.807, 2.05) is 62.2 Å². The molecule has 3 aromatic carbocycles. The van der Waals surface area contributed by atoms with Crippen molar-refractivity contribution in [2.24, 2.45) is 0 Å². The number of methoxy groups -OCH3 is 1. The molecule has 0 aliphatic heterocycles. The van der Waals surface area contributed by atoms with E-state index in [-0.39, 0.29) is 18.5 Å². The van der Waals surface area contributed by atoms with Crippen LogP contribution in [-0.4, -0.2) is 60.1 Å². The minimum absolute atomic E-state index is 0.0419. The number of nitrogens with zero attached hydrogens (tertiary/aromatic N) is 2. The average Bonchev–Trinajstić information content (AvgIpc) is 3.35. The van der Waals surface area contributed by atoms with E-state index in [0.717, 1.165) is 38.8 Å². The van der Waals surface area contributed by atoms with Gasteiger partial charge in [-0.25, -0.2) is 4.79 Å². The fraction of sp³-hybridized carbons (Fsp3) is 0.312. The number of H-pyrrole nitrogens is 1. The number of fused-ring (bicyclic) bond motifs is 1. The van der Waals surface area contributed by atoms with E-state index >= 15 is 0 Å². The minimum atomic E-state index is -0.319. The highest BCUT2D eigenvalue weighted by Crippen LogP contribution is 2.20. The Hall–Kier alpha value is -4.10. The molecule has 39 heavy (non-hydrogen) atoms. The van der Waals surface area contributed by atoms with Crippen LogP contribution in [0.5, 0.6) is 0 Å². The number of carbonyl (C=O) groups is 2. The monoisotopic (exact) mass is 526 g/mol. The molecule has 204 valence electrons. The summed E-state index contributed by atoms with van der Waals surface area (Å²) >= 11 is 0. The van der Waals surface area contributed by atoms with Crippen molar-refractivity contribution in [3.05, 3.63) is 101 Å². The number of hydrogen-bond acceptors (Lipinski definition) is 3. The van der Waals surface area contributed by atoms with E-state index in [1.165, 1.54) is 10.5 Å². The lowest BCUT2D eigenvalue weighted by atomic mass is 10.1. The molecule has 0 unspecified atom stereocenters. The van der Waals surface area contributed by atoms with Gasteiger partial charge in [-0.15, -0.1) is 0 Å². The van der Waals surface area contributed by atoms with Crippen LogP contribution in [0.1, 0.15) is 27.8 Å². The molecular weight excluding hydrogens is 488 g/mol. The molecule has 4 rings (SSSR count). The molecule has 0 atom stereocenters. The Labute approximate surface area is 230 Å². The van der Waals surface area contributed by atoms with E-state index < -0.39 is 0 Å². The predicted molar refractivity (Wildman–Crippen MR) is 157 cm³/mol. The van der Waals surface area contributed by atoms with Gasteiger partial charge in [0, 0.05) is 49.5 Å². The summed E-state index contributed by atoms with van der Waals surface area (Å²) in [4.78, 5) is 33.8. The van der Waals surface area contributed by atoms with Gasteiger partial charge in [-0.2, -0.15) is 0 Å². The van der Waals surface area contributed by atoms with Crippen molar-refractivity contribution in [1.82, 2.24) is 14.8 Å². The molecule has 0 bridgehead atoms. The fourth-order valence-electron chi connectivity index (χ4n) is 4.60. The second-order valence-corrected chi connectivity index (χ2v) is 10.0. The van der Waals surface area contributed by atoms with Crippen molar-refractivity contribution in [1.29, 1.82) is 0 Å². The summed E-state index contributed by atoms with van der Waals surface area (Å²) < 4.78 is 5.25. The zero-order chi connectivity index (χ0) is 27.8. The first-order valence-electron chi connectivity index (χ1n) is 13.3. The Kier molecular flexibility index (Phi) is 9.39. The Morgan fingerprint density at radius 2 is 1.67 bits per heavy atom. The number of benzene rings is 3. The first-order valence-corrected chi connectivity index (χ1v) is 13.3. The van der Waals surface area contributed by atoms with Crippen LogP contribution >= 0.6 is 0 Å². The zero-order valence-electron chi connectivity index (χ0n) is 23.3. The number of nitrogens with one attached hydrogen (secondary N) is 2. The van der Waals surface area contributed by atoms with Gasteiger partial charge in [0.25, 0.3) is 0 Å². The van der Waals surface area contributed by atoms with E-state index in [9.17, 15) is 9.59 Å². The third-order valence-corrected chi connectivity index (χ3v) is 7.20. The third kappa shape index (κ3) is 7.27. The number of aromatic nitrogens is 1. The first-order chi connectivity index (χ1) is 18.9. The second-order valence-electron chi connectivity index (χ2n) is 10.0. The Balaban J connectivity index is 1.52. The number of para-hydroxylation sites is 1. The van der Waals surface area contributed by atoms with Crippen LogP contribution in [0.25, 0.3) is 10.9 Å². The molecular formula is C32H38N4O3. The van der Waals surface area contributed by atoms with Crippen LogP contribution in [0.4, 0.5) is 10.5 Å². The average molecular weight is 527 g/mol. The Morgan fingerprint density at radius 1 is 0.897 bits per heavy atom. The maximum Gasteiger partial charge on any atom is 0.322 e. The first kappa shape index (κ1) is 27.9. The van der Waals surface area contributed by atoms with Crippen molar-refractivity contribution < 1.29 is 14.3 Å². The summed E-state index contributed by atoms with van der Waals surface area (Å²) in [5.74, 6) is -0.109.